The van der Waals surface area contributed by atoms with Crippen molar-refractivity contribution in [3.63, 3.8) is 0 Å². The van der Waals surface area contributed by atoms with Crippen LogP contribution in [0, 0.1) is 22.7 Å². The molecule has 20 heavy (non-hydrogen) atoms. The highest BCUT2D eigenvalue weighted by molar-refractivity contribution is 5.31. The second kappa shape index (κ2) is 4.87. The maximum absolute atomic E-state index is 9.56. The van der Waals surface area contributed by atoms with Crippen LogP contribution in [0.25, 0.3) is 0 Å². The van der Waals surface area contributed by atoms with Gasteiger partial charge in [0.15, 0.2) is 0 Å². The molecular weight excluding hydrogens is 248 g/mol. The zero-order valence-electron chi connectivity index (χ0n) is 11.6. The fourth-order valence-electron chi connectivity index (χ4n) is 3.63. The molecule has 102 valence electrons. The second-order valence-corrected chi connectivity index (χ2v) is 6.09. The lowest BCUT2D eigenvalue weighted by Gasteiger charge is -2.23. The number of nitriles is 2. The summed E-state index contributed by atoms with van der Waals surface area (Å²) in [5.41, 5.74) is 0.601. The van der Waals surface area contributed by atoms with Crippen molar-refractivity contribution in [3.8, 4) is 12.1 Å². The lowest BCUT2D eigenvalue weighted by atomic mass is 9.82. The molecule has 0 radical (unpaired) electrons. The quantitative estimate of drug-likeness (QED) is 0.824. The monoisotopic (exact) mass is 266 g/mol. The zero-order chi connectivity index (χ0) is 14.1. The Morgan fingerprint density at radius 2 is 1.20 bits per heavy atom. The van der Waals surface area contributed by atoms with Gasteiger partial charge in [-0.3, -0.25) is 9.97 Å². The molecule has 3 rings (SSSR count). The summed E-state index contributed by atoms with van der Waals surface area (Å²) in [5.74, 6) is 0. The molecule has 2 aliphatic rings. The molecule has 0 bridgehead atoms. The lowest BCUT2D eigenvalue weighted by molar-refractivity contribution is 0.515. The van der Waals surface area contributed by atoms with Crippen LogP contribution in [0.2, 0.25) is 0 Å². The Kier molecular flexibility index (Phi) is 3.18. The van der Waals surface area contributed by atoms with Crippen LogP contribution in [0.4, 0.5) is 0 Å². The van der Waals surface area contributed by atoms with Crippen LogP contribution in [0.5, 0.6) is 0 Å². The molecule has 0 saturated heterocycles. The molecule has 4 nitrogen and oxygen atoms in total. The fourth-order valence-corrected chi connectivity index (χ4v) is 3.63. The van der Waals surface area contributed by atoms with E-state index in [2.05, 4.69) is 17.1 Å². The molecule has 0 amide bonds. The van der Waals surface area contributed by atoms with Gasteiger partial charge in [0.25, 0.3) is 0 Å². The highest BCUT2D eigenvalue weighted by Crippen LogP contribution is 2.42. The number of aromatic nitrogens is 2. The largest absolute Gasteiger partial charge is 0.261 e. The van der Waals surface area contributed by atoms with E-state index in [0.717, 1.165) is 62.8 Å². The van der Waals surface area contributed by atoms with Crippen molar-refractivity contribution >= 4 is 0 Å². The van der Waals surface area contributed by atoms with Crippen molar-refractivity contribution in [3.05, 3.63) is 23.8 Å². The summed E-state index contributed by atoms with van der Waals surface area (Å²) >= 11 is 0. The van der Waals surface area contributed by atoms with Crippen molar-refractivity contribution < 1.29 is 0 Å². The molecule has 0 aliphatic heterocycles. The van der Waals surface area contributed by atoms with Gasteiger partial charge in [0, 0.05) is 0 Å². The van der Waals surface area contributed by atoms with E-state index in [0.29, 0.717) is 0 Å². The summed E-state index contributed by atoms with van der Waals surface area (Å²) < 4.78 is 0. The van der Waals surface area contributed by atoms with Crippen LogP contribution in [0.1, 0.15) is 62.8 Å². The molecule has 0 spiro atoms. The summed E-state index contributed by atoms with van der Waals surface area (Å²) in [6.07, 6.45) is 11.2. The van der Waals surface area contributed by atoms with E-state index in [1.807, 2.05) is 0 Å². The summed E-state index contributed by atoms with van der Waals surface area (Å²) in [7, 11) is 0. The van der Waals surface area contributed by atoms with Crippen LogP contribution >= 0.6 is 0 Å². The van der Waals surface area contributed by atoms with Crippen LogP contribution in [-0.2, 0) is 10.8 Å². The van der Waals surface area contributed by atoms with Gasteiger partial charge in [0.05, 0.1) is 35.9 Å². The first-order valence-corrected chi connectivity index (χ1v) is 7.40. The zero-order valence-corrected chi connectivity index (χ0v) is 11.6. The van der Waals surface area contributed by atoms with Crippen LogP contribution < -0.4 is 0 Å². The molecule has 1 aromatic rings. The minimum absolute atomic E-state index is 0.474. The Morgan fingerprint density at radius 3 is 1.55 bits per heavy atom. The van der Waals surface area contributed by atoms with E-state index in [-0.39, 0.29) is 0 Å². The Bertz CT molecular complexity index is 532. The predicted molar refractivity (Wildman–Crippen MR) is 73.6 cm³/mol. The first kappa shape index (κ1) is 13.1. The van der Waals surface area contributed by atoms with Gasteiger partial charge in [-0.05, 0) is 25.7 Å². The van der Waals surface area contributed by atoms with Crippen LogP contribution in [-0.4, -0.2) is 9.97 Å². The van der Waals surface area contributed by atoms with E-state index in [1.54, 1.807) is 12.4 Å². The molecule has 2 aliphatic carbocycles. The maximum atomic E-state index is 9.56. The third kappa shape index (κ3) is 1.88. The van der Waals surface area contributed by atoms with E-state index in [4.69, 9.17) is 4.98 Å². The van der Waals surface area contributed by atoms with Crippen molar-refractivity contribution in [2.45, 2.75) is 62.2 Å². The van der Waals surface area contributed by atoms with Gasteiger partial charge in [-0.15, -0.1) is 0 Å². The fraction of sp³-hybridized carbons (Fsp3) is 0.625. The van der Waals surface area contributed by atoms with Crippen molar-refractivity contribution in [2.24, 2.45) is 0 Å². The van der Waals surface area contributed by atoms with Crippen molar-refractivity contribution in [2.75, 3.05) is 0 Å². The molecule has 0 N–H and O–H groups in total. The SMILES string of the molecule is N#CC1(c2cncc(C3(C#N)CCCC3)n2)CCCC1. The predicted octanol–water partition coefficient (Wildman–Crippen LogP) is 3.15. The van der Waals surface area contributed by atoms with Gasteiger partial charge in [0.1, 0.15) is 10.8 Å². The minimum atomic E-state index is -0.474. The normalized spacial score (nSPS) is 23.1. The summed E-state index contributed by atoms with van der Waals surface area (Å²) in [5, 5.41) is 19.1. The first-order chi connectivity index (χ1) is 9.75. The Hall–Kier alpha value is -1.94. The average molecular weight is 266 g/mol. The Labute approximate surface area is 119 Å². The lowest BCUT2D eigenvalue weighted by Crippen LogP contribution is -2.26. The summed E-state index contributed by atoms with van der Waals surface area (Å²) in [4.78, 5) is 9.01. The summed E-state index contributed by atoms with van der Waals surface area (Å²) in [6, 6.07) is 4.91. The molecule has 1 aromatic heterocycles. The topological polar surface area (TPSA) is 73.4 Å². The van der Waals surface area contributed by atoms with E-state index >= 15 is 0 Å². The first-order valence-electron chi connectivity index (χ1n) is 7.40. The van der Waals surface area contributed by atoms with Gasteiger partial charge in [-0.2, -0.15) is 10.5 Å². The van der Waals surface area contributed by atoms with E-state index in [1.165, 1.54) is 0 Å². The van der Waals surface area contributed by atoms with E-state index < -0.39 is 10.8 Å². The maximum Gasteiger partial charge on any atom is 0.101 e. The molecular formula is C16H18N4. The van der Waals surface area contributed by atoms with Gasteiger partial charge >= 0.3 is 0 Å². The minimum Gasteiger partial charge on any atom is -0.261 e. The van der Waals surface area contributed by atoms with Crippen LogP contribution in [0.3, 0.4) is 0 Å². The second-order valence-electron chi connectivity index (χ2n) is 6.09. The van der Waals surface area contributed by atoms with Gasteiger partial charge in [0.2, 0.25) is 0 Å². The number of rotatable bonds is 2. The number of hydrogen-bond donors (Lipinski definition) is 0. The standard InChI is InChI=1S/C16H18N4/c17-11-15(5-1-2-6-15)13-9-19-10-14(20-13)16(12-18)7-3-4-8-16/h9-10H,1-8H2. The third-order valence-electron chi connectivity index (χ3n) is 4.96. The van der Waals surface area contributed by atoms with Crippen LogP contribution in [0.15, 0.2) is 12.4 Å². The van der Waals surface area contributed by atoms with Gasteiger partial charge < -0.3 is 0 Å². The molecule has 1 heterocycles. The number of nitrogens with zero attached hydrogens (tertiary/aromatic N) is 4. The molecule has 2 fully saturated rings. The Morgan fingerprint density at radius 1 is 0.800 bits per heavy atom. The summed E-state index contributed by atoms with van der Waals surface area (Å²) in [6.45, 7) is 0. The Balaban J connectivity index is 2.02. The van der Waals surface area contributed by atoms with Crippen molar-refractivity contribution in [1.29, 1.82) is 10.5 Å². The number of hydrogen-bond acceptors (Lipinski definition) is 4. The third-order valence-corrected chi connectivity index (χ3v) is 4.96. The smallest absolute Gasteiger partial charge is 0.101 e. The molecule has 2 saturated carbocycles. The van der Waals surface area contributed by atoms with E-state index in [9.17, 15) is 10.5 Å². The molecule has 0 atom stereocenters. The van der Waals surface area contributed by atoms with Crippen molar-refractivity contribution in [1.82, 2.24) is 9.97 Å². The highest BCUT2D eigenvalue weighted by Gasteiger charge is 2.41. The molecule has 0 unspecified atom stereocenters. The molecule has 4 heteroatoms. The molecule has 0 aromatic carbocycles. The average Bonchev–Trinajstić information content (AvgIpc) is 3.18. The highest BCUT2D eigenvalue weighted by atomic mass is 14.8. The van der Waals surface area contributed by atoms with Gasteiger partial charge in [-0.1, -0.05) is 25.7 Å². The van der Waals surface area contributed by atoms with Gasteiger partial charge in [-0.25, -0.2) is 0 Å².